The van der Waals surface area contributed by atoms with Crippen LogP contribution in [0.4, 0.5) is 5.69 Å². The third-order valence-corrected chi connectivity index (χ3v) is 7.23. The maximum atomic E-state index is 13.7. The van der Waals surface area contributed by atoms with Crippen LogP contribution < -0.4 is 19.5 Å². The fourth-order valence-corrected chi connectivity index (χ4v) is 4.86. The van der Waals surface area contributed by atoms with Crippen molar-refractivity contribution in [3.63, 3.8) is 0 Å². The first-order valence-corrected chi connectivity index (χ1v) is 13.2. The number of ether oxygens (including phenoxy) is 2. The third kappa shape index (κ3) is 5.53. The van der Waals surface area contributed by atoms with E-state index in [0.717, 1.165) is 10.5 Å². The molecule has 1 aliphatic heterocycles. The molecule has 3 aromatic rings. The molecule has 3 amide bonds. The summed E-state index contributed by atoms with van der Waals surface area (Å²) in [4.78, 5) is 42.5. The first-order chi connectivity index (χ1) is 18.1. The molecule has 11 heteroatoms. The molecule has 0 aromatic heterocycles. The minimum absolute atomic E-state index is 0.148. The van der Waals surface area contributed by atoms with Crippen molar-refractivity contribution in [2.45, 2.75) is 23.8 Å². The topological polar surface area (TPSA) is 136 Å². The Kier molecular flexibility index (Phi) is 7.79. The lowest BCUT2D eigenvalue weighted by molar-refractivity contribution is -0.122. The van der Waals surface area contributed by atoms with E-state index >= 15 is 0 Å². The van der Waals surface area contributed by atoms with Gasteiger partial charge in [0.25, 0.3) is 11.8 Å². The van der Waals surface area contributed by atoms with E-state index in [1.807, 2.05) is 30.3 Å². The molecule has 10 nitrogen and oxygen atoms in total. The summed E-state index contributed by atoms with van der Waals surface area (Å²) in [6, 6.07) is 18.2. The number of primary sulfonamides is 1. The highest BCUT2D eigenvalue weighted by atomic mass is 32.2. The maximum Gasteiger partial charge on any atom is 0.257 e. The van der Waals surface area contributed by atoms with Crippen molar-refractivity contribution in [3.8, 4) is 11.5 Å². The molecule has 2 N–H and O–H groups in total. The summed E-state index contributed by atoms with van der Waals surface area (Å²) in [7, 11) is -1.00. The van der Waals surface area contributed by atoms with Crippen molar-refractivity contribution in [3.05, 3.63) is 83.9 Å². The van der Waals surface area contributed by atoms with Gasteiger partial charge in [-0.25, -0.2) is 18.5 Å². The highest BCUT2D eigenvalue weighted by Gasteiger charge is 2.44. The number of sulfonamides is 1. The van der Waals surface area contributed by atoms with Gasteiger partial charge in [0.2, 0.25) is 15.9 Å². The van der Waals surface area contributed by atoms with Gasteiger partial charge in [-0.05, 0) is 54.4 Å². The highest BCUT2D eigenvalue weighted by Crippen LogP contribution is 2.31. The zero-order chi connectivity index (χ0) is 27.4. The number of nitrogens with zero attached hydrogens (tertiary/aromatic N) is 2. The van der Waals surface area contributed by atoms with Crippen molar-refractivity contribution in [1.82, 2.24) is 4.90 Å². The largest absolute Gasteiger partial charge is 0.493 e. The second-order valence-electron chi connectivity index (χ2n) is 8.63. The molecule has 1 aliphatic rings. The predicted octanol–water partition coefficient (Wildman–Crippen LogP) is 2.37. The average molecular weight is 538 g/mol. The van der Waals surface area contributed by atoms with Gasteiger partial charge in [-0.3, -0.25) is 14.4 Å². The Morgan fingerprint density at radius 3 is 2.24 bits per heavy atom. The van der Waals surface area contributed by atoms with Crippen LogP contribution in [0.15, 0.2) is 77.7 Å². The lowest BCUT2D eigenvalue weighted by atomic mass is 10.1. The molecule has 1 heterocycles. The lowest BCUT2D eigenvalue weighted by Gasteiger charge is -2.28. The van der Waals surface area contributed by atoms with E-state index in [-0.39, 0.29) is 29.1 Å². The number of rotatable bonds is 9. The number of hydrogen-bond donors (Lipinski definition) is 1. The van der Waals surface area contributed by atoms with E-state index in [1.54, 1.807) is 12.1 Å². The Bertz CT molecular complexity index is 1460. The Morgan fingerprint density at radius 1 is 0.974 bits per heavy atom. The lowest BCUT2D eigenvalue weighted by Crippen LogP contribution is -2.46. The van der Waals surface area contributed by atoms with E-state index in [9.17, 15) is 22.8 Å². The molecular weight excluding hydrogens is 510 g/mol. The molecule has 1 saturated heterocycles. The van der Waals surface area contributed by atoms with Gasteiger partial charge in [-0.1, -0.05) is 30.3 Å². The number of carbonyl (C=O) groups is 3. The summed E-state index contributed by atoms with van der Waals surface area (Å²) in [5.41, 5.74) is 1.42. The summed E-state index contributed by atoms with van der Waals surface area (Å²) in [6.07, 6.45) is 0.241. The zero-order valence-electron chi connectivity index (χ0n) is 20.9. The van der Waals surface area contributed by atoms with Gasteiger partial charge in [0.05, 0.1) is 31.2 Å². The van der Waals surface area contributed by atoms with Crippen molar-refractivity contribution in [1.29, 1.82) is 0 Å². The molecule has 198 valence electrons. The van der Waals surface area contributed by atoms with E-state index in [2.05, 4.69) is 0 Å². The summed E-state index contributed by atoms with van der Waals surface area (Å²) in [6.45, 7) is 0.180. The smallest absolute Gasteiger partial charge is 0.257 e. The number of imide groups is 1. The maximum absolute atomic E-state index is 13.7. The number of methoxy groups -OCH3 is 2. The second-order valence-corrected chi connectivity index (χ2v) is 10.2. The van der Waals surface area contributed by atoms with Crippen LogP contribution in [0.1, 0.15) is 22.3 Å². The molecule has 0 bridgehead atoms. The third-order valence-electron chi connectivity index (χ3n) is 6.30. The number of nitrogens with two attached hydrogens (primary N) is 1. The normalized spacial score (nSPS) is 15.4. The monoisotopic (exact) mass is 537 g/mol. The van der Waals surface area contributed by atoms with Crippen molar-refractivity contribution in [2.24, 2.45) is 5.14 Å². The van der Waals surface area contributed by atoms with Gasteiger partial charge in [0, 0.05) is 12.1 Å². The Morgan fingerprint density at radius 2 is 1.63 bits per heavy atom. The van der Waals surface area contributed by atoms with Gasteiger partial charge in [-0.15, -0.1) is 0 Å². The second kappa shape index (κ2) is 11.0. The summed E-state index contributed by atoms with van der Waals surface area (Å²) >= 11 is 0. The standard InChI is InChI=1S/C27H27N3O7S/c1-36-23-13-8-19(16-24(23)37-2)26(32)29(15-14-18-6-4-3-5-7-18)22-17-25(31)30(27(22)33)20-9-11-21(12-10-20)38(28,34)35/h3-13,16,22H,14-15,17H2,1-2H3,(H2,28,34,35). The van der Waals surface area contributed by atoms with Crippen LogP contribution >= 0.6 is 0 Å². The number of carbonyl (C=O) groups excluding carboxylic acids is 3. The van der Waals surface area contributed by atoms with E-state index in [1.165, 1.54) is 49.5 Å². The predicted molar refractivity (Wildman–Crippen MR) is 139 cm³/mol. The molecule has 0 radical (unpaired) electrons. The van der Waals surface area contributed by atoms with Crippen LogP contribution in [0.25, 0.3) is 0 Å². The number of hydrogen-bond acceptors (Lipinski definition) is 7. The van der Waals surface area contributed by atoms with Gasteiger partial charge >= 0.3 is 0 Å². The summed E-state index contributed by atoms with van der Waals surface area (Å²) in [5.74, 6) is -0.735. The molecular formula is C27H27N3O7S. The molecule has 1 fully saturated rings. The van der Waals surface area contributed by atoms with Gasteiger partial charge in [-0.2, -0.15) is 0 Å². The molecule has 1 unspecified atom stereocenters. The molecule has 3 aromatic carbocycles. The van der Waals surface area contributed by atoms with Crippen molar-refractivity contribution in [2.75, 3.05) is 25.7 Å². The molecule has 1 atom stereocenters. The fourth-order valence-electron chi connectivity index (χ4n) is 4.34. The van der Waals surface area contributed by atoms with Crippen LogP contribution in [-0.4, -0.2) is 57.8 Å². The van der Waals surface area contributed by atoms with E-state index in [4.69, 9.17) is 14.6 Å². The minimum Gasteiger partial charge on any atom is -0.493 e. The first kappa shape index (κ1) is 26.8. The van der Waals surface area contributed by atoms with Gasteiger partial charge < -0.3 is 14.4 Å². The number of anilines is 1. The Hall–Kier alpha value is -4.22. The van der Waals surface area contributed by atoms with Crippen LogP contribution in [0.3, 0.4) is 0 Å². The number of benzene rings is 3. The summed E-state index contributed by atoms with van der Waals surface area (Å²) < 4.78 is 33.8. The molecule has 4 rings (SSSR count). The fraction of sp³-hybridized carbons (Fsp3) is 0.222. The van der Waals surface area contributed by atoms with Crippen LogP contribution in [0, 0.1) is 0 Å². The van der Waals surface area contributed by atoms with Crippen LogP contribution in [0.5, 0.6) is 11.5 Å². The Balaban J connectivity index is 1.66. The van der Waals surface area contributed by atoms with E-state index < -0.39 is 33.8 Å². The zero-order valence-corrected chi connectivity index (χ0v) is 21.7. The quantitative estimate of drug-likeness (QED) is 0.414. The van der Waals surface area contributed by atoms with E-state index in [0.29, 0.717) is 17.9 Å². The SMILES string of the molecule is COc1ccc(C(=O)N(CCc2ccccc2)C2CC(=O)N(c3ccc(S(N)(=O)=O)cc3)C2=O)cc1OC. The van der Waals surface area contributed by atoms with Gasteiger partial charge in [0.15, 0.2) is 11.5 Å². The highest BCUT2D eigenvalue weighted by molar-refractivity contribution is 7.89. The van der Waals surface area contributed by atoms with Crippen LogP contribution in [-0.2, 0) is 26.0 Å². The van der Waals surface area contributed by atoms with Crippen molar-refractivity contribution < 1.29 is 32.3 Å². The average Bonchev–Trinajstić information content (AvgIpc) is 3.21. The van der Waals surface area contributed by atoms with Gasteiger partial charge in [0.1, 0.15) is 6.04 Å². The number of amides is 3. The molecule has 0 spiro atoms. The molecule has 0 saturated carbocycles. The summed E-state index contributed by atoms with van der Waals surface area (Å²) in [5, 5.41) is 5.15. The van der Waals surface area contributed by atoms with Crippen molar-refractivity contribution >= 4 is 33.4 Å². The molecule has 0 aliphatic carbocycles. The van der Waals surface area contributed by atoms with Crippen LogP contribution in [0.2, 0.25) is 0 Å². The molecule has 38 heavy (non-hydrogen) atoms. The Labute approximate surface area is 220 Å². The minimum atomic E-state index is -3.94. The first-order valence-electron chi connectivity index (χ1n) is 11.7.